The Kier molecular flexibility index (Phi) is 6.28. The summed E-state index contributed by atoms with van der Waals surface area (Å²) in [6.07, 6.45) is 0. The second-order valence-electron chi connectivity index (χ2n) is 5.76. The summed E-state index contributed by atoms with van der Waals surface area (Å²) in [5.74, 6) is 1.34. The van der Waals surface area contributed by atoms with Crippen LogP contribution in [0.3, 0.4) is 0 Å². The first kappa shape index (κ1) is 19.4. The molecule has 9 heteroatoms. The van der Waals surface area contributed by atoms with E-state index in [4.69, 9.17) is 4.52 Å². The number of thioether (sulfide) groups is 1. The van der Waals surface area contributed by atoms with Gasteiger partial charge in [0.25, 0.3) is 5.91 Å². The average Bonchev–Trinajstić information content (AvgIpc) is 3.13. The highest BCUT2D eigenvalue weighted by molar-refractivity contribution is 7.98. The Morgan fingerprint density at radius 1 is 1.04 bits per heavy atom. The van der Waals surface area contributed by atoms with E-state index in [1.807, 2.05) is 18.2 Å². The minimum atomic E-state index is -0.306. The third-order valence-corrected chi connectivity index (χ3v) is 4.74. The number of amides is 3. The molecule has 0 spiro atoms. The molecule has 0 saturated heterocycles. The quantitative estimate of drug-likeness (QED) is 0.548. The van der Waals surface area contributed by atoms with Crippen molar-refractivity contribution in [3.05, 3.63) is 65.8 Å². The third-order valence-electron chi connectivity index (χ3n) is 3.68. The predicted octanol–water partition coefficient (Wildman–Crippen LogP) is 3.67. The van der Waals surface area contributed by atoms with E-state index >= 15 is 0 Å². The molecule has 3 rings (SSSR count). The fraction of sp³-hybridized carbons (Fsp3) is 0.158. The van der Waals surface area contributed by atoms with Gasteiger partial charge >= 0.3 is 6.03 Å². The number of aromatic nitrogens is 2. The predicted molar refractivity (Wildman–Crippen MR) is 108 cm³/mol. The van der Waals surface area contributed by atoms with Gasteiger partial charge in [-0.3, -0.25) is 4.79 Å². The van der Waals surface area contributed by atoms with E-state index < -0.39 is 0 Å². The summed E-state index contributed by atoms with van der Waals surface area (Å²) < 4.78 is 5.11. The number of benzene rings is 2. The molecule has 0 unspecified atom stereocenters. The SMILES string of the molecule is CNC(=O)Nc1ccc(NC(=O)c2ccccc2SCc2nc(C)no2)cc1. The Balaban J connectivity index is 1.66. The van der Waals surface area contributed by atoms with Crippen LogP contribution in [0, 0.1) is 6.92 Å². The molecule has 0 aliphatic heterocycles. The maximum Gasteiger partial charge on any atom is 0.318 e. The van der Waals surface area contributed by atoms with E-state index in [1.165, 1.54) is 11.8 Å². The molecule has 3 N–H and O–H groups in total. The smallest absolute Gasteiger partial charge is 0.318 e. The standard InChI is InChI=1S/C19H19N5O3S/c1-12-21-17(27-24-12)11-28-16-6-4-3-5-15(16)18(25)22-13-7-9-14(10-8-13)23-19(26)20-2/h3-10H,11H2,1-2H3,(H,22,25)(H2,20,23,26). The van der Waals surface area contributed by atoms with Gasteiger partial charge in [-0.2, -0.15) is 4.98 Å². The number of nitrogens with zero attached hydrogens (tertiary/aromatic N) is 2. The van der Waals surface area contributed by atoms with Gasteiger partial charge in [-0.25, -0.2) is 4.79 Å². The van der Waals surface area contributed by atoms with Crippen molar-refractivity contribution in [2.24, 2.45) is 0 Å². The highest BCUT2D eigenvalue weighted by Crippen LogP contribution is 2.26. The van der Waals surface area contributed by atoms with Crippen molar-refractivity contribution >= 4 is 35.1 Å². The van der Waals surface area contributed by atoms with Crippen LogP contribution in [-0.4, -0.2) is 29.1 Å². The van der Waals surface area contributed by atoms with Gasteiger partial charge in [0.1, 0.15) is 0 Å². The Morgan fingerprint density at radius 3 is 2.36 bits per heavy atom. The third kappa shape index (κ3) is 5.10. The first-order chi connectivity index (χ1) is 13.5. The van der Waals surface area contributed by atoms with E-state index in [0.29, 0.717) is 34.4 Å². The number of hydrogen-bond acceptors (Lipinski definition) is 6. The maximum absolute atomic E-state index is 12.7. The van der Waals surface area contributed by atoms with E-state index in [2.05, 4.69) is 26.1 Å². The van der Waals surface area contributed by atoms with Crippen LogP contribution in [0.5, 0.6) is 0 Å². The molecule has 1 aromatic heterocycles. The monoisotopic (exact) mass is 397 g/mol. The number of anilines is 2. The fourth-order valence-corrected chi connectivity index (χ4v) is 3.23. The Labute approximate surface area is 166 Å². The molecule has 1 heterocycles. The summed E-state index contributed by atoms with van der Waals surface area (Å²) in [6.45, 7) is 1.76. The zero-order valence-corrected chi connectivity index (χ0v) is 16.2. The number of rotatable bonds is 6. The lowest BCUT2D eigenvalue weighted by molar-refractivity contribution is 0.102. The van der Waals surface area contributed by atoms with Crippen LogP contribution in [0.1, 0.15) is 22.1 Å². The van der Waals surface area contributed by atoms with Crippen molar-refractivity contribution in [3.63, 3.8) is 0 Å². The van der Waals surface area contributed by atoms with Gasteiger partial charge in [-0.05, 0) is 43.3 Å². The topological polar surface area (TPSA) is 109 Å². The lowest BCUT2D eigenvalue weighted by Gasteiger charge is -2.10. The lowest BCUT2D eigenvalue weighted by Crippen LogP contribution is -2.24. The number of urea groups is 1. The summed E-state index contributed by atoms with van der Waals surface area (Å²) >= 11 is 1.45. The number of nitrogens with one attached hydrogen (secondary N) is 3. The van der Waals surface area contributed by atoms with Gasteiger partial charge in [-0.15, -0.1) is 11.8 Å². The first-order valence-electron chi connectivity index (χ1n) is 8.46. The van der Waals surface area contributed by atoms with Crippen molar-refractivity contribution in [3.8, 4) is 0 Å². The van der Waals surface area contributed by atoms with Crippen LogP contribution in [0.4, 0.5) is 16.2 Å². The van der Waals surface area contributed by atoms with Crippen molar-refractivity contribution < 1.29 is 14.1 Å². The molecule has 0 fully saturated rings. The van der Waals surface area contributed by atoms with Crippen molar-refractivity contribution in [1.29, 1.82) is 0 Å². The maximum atomic E-state index is 12.7. The Bertz CT molecular complexity index is 972. The molecule has 8 nitrogen and oxygen atoms in total. The van der Waals surface area contributed by atoms with Crippen molar-refractivity contribution in [2.75, 3.05) is 17.7 Å². The summed E-state index contributed by atoms with van der Waals surface area (Å²) in [5, 5.41) is 11.8. The molecular formula is C19H19N5O3S. The Morgan fingerprint density at radius 2 is 1.71 bits per heavy atom. The summed E-state index contributed by atoms with van der Waals surface area (Å²) in [4.78, 5) is 29.0. The van der Waals surface area contributed by atoms with Crippen LogP contribution in [0.2, 0.25) is 0 Å². The zero-order valence-electron chi connectivity index (χ0n) is 15.4. The second kappa shape index (κ2) is 9.05. The van der Waals surface area contributed by atoms with E-state index in [1.54, 1.807) is 44.3 Å². The van der Waals surface area contributed by atoms with E-state index in [-0.39, 0.29) is 11.9 Å². The molecule has 0 aliphatic carbocycles. The second-order valence-corrected chi connectivity index (χ2v) is 6.77. The lowest BCUT2D eigenvalue weighted by atomic mass is 10.2. The van der Waals surface area contributed by atoms with Crippen molar-refractivity contribution in [2.45, 2.75) is 17.6 Å². The summed E-state index contributed by atoms with van der Waals surface area (Å²) in [5.41, 5.74) is 1.80. The van der Waals surface area contributed by atoms with Crippen LogP contribution >= 0.6 is 11.8 Å². The van der Waals surface area contributed by atoms with Crippen LogP contribution in [0.25, 0.3) is 0 Å². The highest BCUT2D eigenvalue weighted by atomic mass is 32.2. The number of carbonyl (C=O) groups excluding carboxylic acids is 2. The number of aryl methyl sites for hydroxylation is 1. The molecule has 2 aromatic carbocycles. The fourth-order valence-electron chi connectivity index (χ4n) is 2.35. The number of hydrogen-bond donors (Lipinski definition) is 3. The largest absolute Gasteiger partial charge is 0.341 e. The van der Waals surface area contributed by atoms with Crippen LogP contribution in [0.15, 0.2) is 57.9 Å². The average molecular weight is 397 g/mol. The van der Waals surface area contributed by atoms with Crippen molar-refractivity contribution in [1.82, 2.24) is 15.5 Å². The normalized spacial score (nSPS) is 10.4. The number of carbonyl (C=O) groups is 2. The van der Waals surface area contributed by atoms with Crippen LogP contribution < -0.4 is 16.0 Å². The molecule has 0 bridgehead atoms. The van der Waals surface area contributed by atoms with Gasteiger partial charge < -0.3 is 20.5 Å². The highest BCUT2D eigenvalue weighted by Gasteiger charge is 2.13. The van der Waals surface area contributed by atoms with Gasteiger partial charge in [0.2, 0.25) is 5.89 Å². The minimum absolute atomic E-state index is 0.225. The summed E-state index contributed by atoms with van der Waals surface area (Å²) in [6, 6.07) is 13.9. The molecule has 144 valence electrons. The van der Waals surface area contributed by atoms with Gasteiger partial charge in [-0.1, -0.05) is 17.3 Å². The van der Waals surface area contributed by atoms with Gasteiger partial charge in [0, 0.05) is 23.3 Å². The van der Waals surface area contributed by atoms with Gasteiger partial charge in [0.15, 0.2) is 5.82 Å². The van der Waals surface area contributed by atoms with E-state index in [0.717, 1.165) is 4.90 Å². The molecule has 0 radical (unpaired) electrons. The molecule has 0 aliphatic rings. The zero-order chi connectivity index (χ0) is 19.9. The first-order valence-corrected chi connectivity index (χ1v) is 9.45. The molecular weight excluding hydrogens is 378 g/mol. The molecule has 0 saturated carbocycles. The minimum Gasteiger partial charge on any atom is -0.341 e. The summed E-state index contributed by atoms with van der Waals surface area (Å²) in [7, 11) is 1.54. The molecule has 0 atom stereocenters. The molecule has 28 heavy (non-hydrogen) atoms. The van der Waals surface area contributed by atoms with E-state index in [9.17, 15) is 9.59 Å². The van der Waals surface area contributed by atoms with Gasteiger partial charge in [0.05, 0.1) is 11.3 Å². The molecule has 3 aromatic rings. The Hall–Kier alpha value is -3.33. The molecule has 3 amide bonds. The van der Waals surface area contributed by atoms with Crippen LogP contribution in [-0.2, 0) is 5.75 Å².